The van der Waals surface area contributed by atoms with Gasteiger partial charge < -0.3 is 15.4 Å². The predicted octanol–water partition coefficient (Wildman–Crippen LogP) is 0.530. The number of rotatable bonds is 6. The van der Waals surface area contributed by atoms with Crippen LogP contribution in [0.5, 0.6) is 5.75 Å². The van der Waals surface area contributed by atoms with Gasteiger partial charge in [0, 0.05) is 26.2 Å². The van der Waals surface area contributed by atoms with Crippen LogP contribution < -0.4 is 15.4 Å². The smallest absolute Gasteiger partial charge is 0.315 e. The van der Waals surface area contributed by atoms with Gasteiger partial charge in [-0.15, -0.1) is 0 Å². The van der Waals surface area contributed by atoms with Crippen molar-refractivity contribution in [1.29, 1.82) is 0 Å². The molecule has 1 aromatic rings. The van der Waals surface area contributed by atoms with Crippen LogP contribution in [0, 0.1) is 0 Å². The minimum Gasteiger partial charge on any atom is -0.497 e. The second-order valence-corrected chi connectivity index (χ2v) is 7.11. The summed E-state index contributed by atoms with van der Waals surface area (Å²) in [5, 5.41) is 5.38. The maximum absolute atomic E-state index is 11.7. The first-order chi connectivity index (χ1) is 10.5. The fourth-order valence-corrected chi connectivity index (χ4v) is 3.75. The molecule has 0 aliphatic carbocycles. The molecule has 22 heavy (non-hydrogen) atoms. The highest BCUT2D eigenvalue weighted by atomic mass is 32.2. The summed E-state index contributed by atoms with van der Waals surface area (Å²) in [5.74, 6) is 0.969. The number of carbonyl (C=O) groups excluding carboxylic acids is 1. The number of urea groups is 1. The molecule has 1 heterocycles. The Balaban J connectivity index is 1.67. The van der Waals surface area contributed by atoms with E-state index in [1.807, 2.05) is 24.3 Å². The van der Waals surface area contributed by atoms with Gasteiger partial charge >= 0.3 is 6.03 Å². The molecule has 0 atom stereocenters. The molecule has 2 N–H and O–H groups in total. The van der Waals surface area contributed by atoms with Gasteiger partial charge in [-0.2, -0.15) is 0 Å². The van der Waals surface area contributed by atoms with Crippen molar-refractivity contribution in [1.82, 2.24) is 14.9 Å². The van der Waals surface area contributed by atoms with Crippen LogP contribution >= 0.6 is 0 Å². The van der Waals surface area contributed by atoms with Gasteiger partial charge in [-0.05, 0) is 24.1 Å². The largest absolute Gasteiger partial charge is 0.497 e. The molecule has 0 radical (unpaired) electrons. The van der Waals surface area contributed by atoms with Crippen molar-refractivity contribution < 1.29 is 17.9 Å². The summed E-state index contributed by atoms with van der Waals surface area (Å²) >= 11 is 0. The van der Waals surface area contributed by atoms with Gasteiger partial charge in [0.05, 0.1) is 12.9 Å². The third-order valence-corrected chi connectivity index (χ3v) is 5.42. The molecule has 1 aliphatic heterocycles. The summed E-state index contributed by atoms with van der Waals surface area (Å²) < 4.78 is 29.6. The van der Waals surface area contributed by atoms with Crippen molar-refractivity contribution in [3.63, 3.8) is 0 Å². The zero-order chi connectivity index (χ0) is 16.0. The van der Waals surface area contributed by atoms with E-state index in [2.05, 4.69) is 10.6 Å². The van der Waals surface area contributed by atoms with Gasteiger partial charge in [0.2, 0.25) is 10.0 Å². The molecule has 0 saturated carbocycles. The predicted molar refractivity (Wildman–Crippen MR) is 83.2 cm³/mol. The molecule has 8 heteroatoms. The number of carbonyl (C=O) groups is 1. The van der Waals surface area contributed by atoms with E-state index in [4.69, 9.17) is 4.74 Å². The highest BCUT2D eigenvalue weighted by molar-refractivity contribution is 7.89. The van der Waals surface area contributed by atoms with E-state index in [1.165, 1.54) is 4.31 Å². The average Bonchev–Trinajstić information content (AvgIpc) is 2.84. The van der Waals surface area contributed by atoms with E-state index in [1.54, 1.807) is 7.11 Å². The van der Waals surface area contributed by atoms with Gasteiger partial charge in [-0.1, -0.05) is 12.1 Å². The molecule has 1 aromatic carbocycles. The number of hydrogen-bond donors (Lipinski definition) is 2. The van der Waals surface area contributed by atoms with Crippen molar-refractivity contribution in [2.24, 2.45) is 0 Å². The molecule has 2 rings (SSSR count). The molecule has 122 valence electrons. The molecule has 1 fully saturated rings. The number of hydrogen-bond acceptors (Lipinski definition) is 4. The highest BCUT2D eigenvalue weighted by Gasteiger charge is 2.27. The number of amides is 2. The third-order valence-electron chi connectivity index (χ3n) is 3.46. The van der Waals surface area contributed by atoms with Crippen LogP contribution in [0.1, 0.15) is 12.0 Å². The average molecular weight is 327 g/mol. The monoisotopic (exact) mass is 327 g/mol. The Hall–Kier alpha value is -1.80. The second-order valence-electron chi connectivity index (χ2n) is 5.03. The lowest BCUT2D eigenvalue weighted by atomic mass is 10.2. The lowest BCUT2D eigenvalue weighted by Crippen LogP contribution is -2.40. The van der Waals surface area contributed by atoms with Crippen molar-refractivity contribution in [2.75, 3.05) is 32.5 Å². The van der Waals surface area contributed by atoms with Crippen LogP contribution in [0.25, 0.3) is 0 Å². The summed E-state index contributed by atoms with van der Waals surface area (Å²) in [6, 6.07) is 7.08. The third kappa shape index (κ3) is 4.60. The maximum Gasteiger partial charge on any atom is 0.315 e. The fraction of sp³-hybridized carbons (Fsp3) is 0.500. The van der Waals surface area contributed by atoms with Crippen LogP contribution in [0.3, 0.4) is 0 Å². The lowest BCUT2D eigenvalue weighted by Gasteiger charge is -2.14. The Kier molecular flexibility index (Phi) is 5.62. The summed E-state index contributed by atoms with van der Waals surface area (Å²) in [5.41, 5.74) is 0.957. The Morgan fingerprint density at radius 1 is 1.27 bits per heavy atom. The topological polar surface area (TPSA) is 87.7 Å². The molecule has 1 saturated heterocycles. The van der Waals surface area contributed by atoms with Crippen LogP contribution in [-0.4, -0.2) is 51.3 Å². The van der Waals surface area contributed by atoms with E-state index in [0.717, 1.165) is 11.3 Å². The van der Waals surface area contributed by atoms with Gasteiger partial charge in [-0.3, -0.25) is 0 Å². The van der Waals surface area contributed by atoms with Gasteiger partial charge in [0.25, 0.3) is 0 Å². The van der Waals surface area contributed by atoms with Crippen LogP contribution in [0.2, 0.25) is 0 Å². The van der Waals surface area contributed by atoms with E-state index in [9.17, 15) is 13.2 Å². The zero-order valence-electron chi connectivity index (χ0n) is 12.5. The molecular formula is C14H21N3O4S. The molecule has 7 nitrogen and oxygen atoms in total. The summed E-state index contributed by atoms with van der Waals surface area (Å²) in [6.07, 6.45) is 0.659. The number of methoxy groups -OCH3 is 1. The lowest BCUT2D eigenvalue weighted by molar-refractivity contribution is 0.239. The first-order valence-corrected chi connectivity index (χ1v) is 8.74. The fourth-order valence-electron chi connectivity index (χ4n) is 2.22. The molecule has 0 bridgehead atoms. The van der Waals surface area contributed by atoms with Crippen molar-refractivity contribution in [3.8, 4) is 5.75 Å². The van der Waals surface area contributed by atoms with E-state index < -0.39 is 10.0 Å². The number of ether oxygens (including phenoxy) is 1. The van der Waals surface area contributed by atoms with Crippen molar-refractivity contribution in [2.45, 2.75) is 13.0 Å². The normalized spacial score (nSPS) is 17.1. The highest BCUT2D eigenvalue weighted by Crippen LogP contribution is 2.12. The van der Waals surface area contributed by atoms with Gasteiger partial charge in [0.1, 0.15) is 5.75 Å². The zero-order valence-corrected chi connectivity index (χ0v) is 13.4. The van der Waals surface area contributed by atoms with E-state index in [-0.39, 0.29) is 11.8 Å². The quantitative estimate of drug-likeness (QED) is 0.798. The van der Waals surface area contributed by atoms with E-state index in [0.29, 0.717) is 32.6 Å². The SMILES string of the molecule is COc1ccc(CNC(=O)NCCN2CCCS2(=O)=O)cc1. The van der Waals surface area contributed by atoms with E-state index >= 15 is 0 Å². The number of benzene rings is 1. The summed E-state index contributed by atoms with van der Waals surface area (Å²) in [7, 11) is -1.50. The molecule has 0 spiro atoms. The Morgan fingerprint density at radius 2 is 2.00 bits per heavy atom. The second kappa shape index (κ2) is 7.46. The van der Waals surface area contributed by atoms with Crippen molar-refractivity contribution in [3.05, 3.63) is 29.8 Å². The Labute approximate surface area is 130 Å². The van der Waals surface area contributed by atoms with Crippen LogP contribution in [-0.2, 0) is 16.6 Å². The minimum absolute atomic E-state index is 0.205. The minimum atomic E-state index is -3.10. The summed E-state index contributed by atoms with van der Waals surface area (Å²) in [4.78, 5) is 11.7. The number of sulfonamides is 1. The first-order valence-electron chi connectivity index (χ1n) is 7.14. The summed E-state index contributed by atoms with van der Waals surface area (Å²) in [6.45, 7) is 1.56. The molecule has 1 aliphatic rings. The molecule has 2 amide bonds. The Morgan fingerprint density at radius 3 is 2.59 bits per heavy atom. The number of nitrogens with one attached hydrogen (secondary N) is 2. The molecule has 0 aromatic heterocycles. The van der Waals surface area contributed by atoms with Crippen LogP contribution in [0.15, 0.2) is 24.3 Å². The molecule has 0 unspecified atom stereocenters. The standard InChI is InChI=1S/C14H21N3O4S/c1-21-13-5-3-12(4-6-13)11-16-14(18)15-7-9-17-8-2-10-22(17,19)20/h3-6H,2,7-11H2,1H3,(H2,15,16,18). The van der Waals surface area contributed by atoms with Crippen molar-refractivity contribution >= 4 is 16.1 Å². The van der Waals surface area contributed by atoms with Crippen LogP contribution in [0.4, 0.5) is 4.79 Å². The van der Waals surface area contributed by atoms with Gasteiger partial charge in [0.15, 0.2) is 0 Å². The first kappa shape index (κ1) is 16.6. The Bertz CT molecular complexity index is 601. The molecular weight excluding hydrogens is 306 g/mol. The van der Waals surface area contributed by atoms with Gasteiger partial charge in [-0.25, -0.2) is 17.5 Å². The number of nitrogens with zero attached hydrogens (tertiary/aromatic N) is 1. The maximum atomic E-state index is 11.7.